The minimum Gasteiger partial charge on any atom is -0.493 e. The first-order valence-electron chi connectivity index (χ1n) is 9.99. The van der Waals surface area contributed by atoms with Crippen LogP contribution in [-0.2, 0) is 16.7 Å². The Balaban J connectivity index is 1.71. The van der Waals surface area contributed by atoms with Crippen molar-refractivity contribution in [1.29, 1.82) is 0 Å². The van der Waals surface area contributed by atoms with E-state index in [1.807, 2.05) is 6.07 Å². The van der Waals surface area contributed by atoms with Crippen LogP contribution >= 0.6 is 0 Å². The third kappa shape index (κ3) is 3.22. The molecule has 0 aliphatic heterocycles. The molecule has 2 N–H and O–H groups in total. The van der Waals surface area contributed by atoms with Gasteiger partial charge < -0.3 is 8.92 Å². The average Bonchev–Trinajstić information content (AvgIpc) is 2.64. The molecule has 2 fully saturated rings. The fraction of sp³-hybridized carbons (Fsp3) is 0.619. The fourth-order valence-electron chi connectivity index (χ4n) is 6.16. The molecule has 0 heterocycles. The van der Waals surface area contributed by atoms with Gasteiger partial charge in [-0.1, -0.05) is 6.92 Å². The summed E-state index contributed by atoms with van der Waals surface area (Å²) in [5.41, 5.74) is 3.27. The highest BCUT2D eigenvalue weighted by Crippen LogP contribution is 2.61. The third-order valence-corrected chi connectivity index (χ3v) is 7.84. The summed E-state index contributed by atoms with van der Waals surface area (Å²) in [5, 5.41) is 5.05. The number of methoxy groups -OCH3 is 1. The van der Waals surface area contributed by atoms with Gasteiger partial charge in [-0.3, -0.25) is 0 Å². The van der Waals surface area contributed by atoms with Crippen molar-refractivity contribution in [3.63, 3.8) is 0 Å². The molecule has 4 atom stereocenters. The number of hydrogen-bond donors (Lipinski definition) is 1. The fourth-order valence-corrected chi connectivity index (χ4v) is 6.54. The zero-order chi connectivity index (χ0) is 20.1. The highest BCUT2D eigenvalue weighted by molar-refractivity contribution is 7.84. The van der Waals surface area contributed by atoms with Gasteiger partial charge in [0.25, 0.3) is 0 Å². The van der Waals surface area contributed by atoms with Crippen molar-refractivity contribution in [3.8, 4) is 11.5 Å². The molecule has 0 aromatic heterocycles. The molecule has 28 heavy (non-hydrogen) atoms. The van der Waals surface area contributed by atoms with Gasteiger partial charge >= 0.3 is 10.3 Å². The Bertz CT molecular complexity index is 913. The number of halogens is 1. The lowest BCUT2D eigenvalue weighted by molar-refractivity contribution is 0.0333. The lowest BCUT2D eigenvalue weighted by atomic mass is 9.49. The summed E-state index contributed by atoms with van der Waals surface area (Å²) in [6, 6.07) is 3.68. The Labute approximate surface area is 166 Å². The van der Waals surface area contributed by atoms with Crippen LogP contribution in [0.3, 0.4) is 0 Å². The maximum atomic E-state index is 13.6. The summed E-state index contributed by atoms with van der Waals surface area (Å²) in [6.07, 6.45) is 7.79. The van der Waals surface area contributed by atoms with Crippen LogP contribution in [0.4, 0.5) is 4.39 Å². The highest BCUT2D eigenvalue weighted by atomic mass is 32.2. The van der Waals surface area contributed by atoms with Gasteiger partial charge in [0, 0.05) is 0 Å². The van der Waals surface area contributed by atoms with Crippen molar-refractivity contribution in [2.75, 3.05) is 7.11 Å². The van der Waals surface area contributed by atoms with Gasteiger partial charge in [0.2, 0.25) is 0 Å². The molecule has 3 aliphatic carbocycles. The summed E-state index contributed by atoms with van der Waals surface area (Å²) in [6.45, 7) is 2.25. The van der Waals surface area contributed by atoms with Crippen LogP contribution in [0.1, 0.15) is 62.5 Å². The lowest BCUT2D eigenvalue weighted by Gasteiger charge is -2.55. The van der Waals surface area contributed by atoms with Crippen LogP contribution in [0.2, 0.25) is 0 Å². The third-order valence-electron chi connectivity index (χ3n) is 7.43. The molecular weight excluding hydrogens is 381 g/mol. The molecule has 0 amide bonds. The molecule has 0 radical (unpaired) electrons. The van der Waals surface area contributed by atoms with Gasteiger partial charge in [0.15, 0.2) is 11.5 Å². The lowest BCUT2D eigenvalue weighted by Crippen LogP contribution is -2.45. The molecule has 4 rings (SSSR count). The summed E-state index contributed by atoms with van der Waals surface area (Å²) >= 11 is 0. The van der Waals surface area contributed by atoms with Gasteiger partial charge in [-0.2, -0.15) is 13.6 Å². The SMILES string of the molecule is COc1cc2c(cc1OS(N)(=O)=O)CCC1C2CC[C@]2(C)/C(=C/F)CCCC12. The zero-order valence-corrected chi connectivity index (χ0v) is 17.2. The Morgan fingerprint density at radius 1 is 1.21 bits per heavy atom. The molecule has 154 valence electrons. The number of nitrogens with two attached hydrogens (primary N) is 1. The van der Waals surface area contributed by atoms with Crippen molar-refractivity contribution in [1.82, 2.24) is 0 Å². The maximum Gasteiger partial charge on any atom is 0.380 e. The van der Waals surface area contributed by atoms with E-state index in [9.17, 15) is 12.8 Å². The van der Waals surface area contributed by atoms with Crippen molar-refractivity contribution >= 4 is 10.3 Å². The molecular formula is C21H28FNO4S. The second-order valence-electron chi connectivity index (χ2n) is 8.68. The van der Waals surface area contributed by atoms with E-state index in [0.717, 1.165) is 62.4 Å². The molecule has 1 aromatic carbocycles. The van der Waals surface area contributed by atoms with E-state index >= 15 is 0 Å². The predicted octanol–water partition coefficient (Wildman–Crippen LogP) is 4.38. The number of aryl methyl sites for hydroxylation is 1. The zero-order valence-electron chi connectivity index (χ0n) is 16.4. The van der Waals surface area contributed by atoms with Crippen LogP contribution in [0.15, 0.2) is 24.0 Å². The monoisotopic (exact) mass is 409 g/mol. The molecule has 2 saturated carbocycles. The van der Waals surface area contributed by atoms with Crippen molar-refractivity contribution in [2.45, 2.75) is 57.8 Å². The molecule has 3 aliphatic rings. The van der Waals surface area contributed by atoms with E-state index in [-0.39, 0.29) is 11.2 Å². The highest BCUT2D eigenvalue weighted by Gasteiger charge is 2.51. The van der Waals surface area contributed by atoms with Gasteiger partial charge in [-0.05, 0) is 96.9 Å². The van der Waals surface area contributed by atoms with Crippen molar-refractivity contribution in [2.24, 2.45) is 22.4 Å². The number of ether oxygens (including phenoxy) is 1. The van der Waals surface area contributed by atoms with E-state index in [1.54, 1.807) is 6.07 Å². The summed E-state index contributed by atoms with van der Waals surface area (Å²) in [4.78, 5) is 0. The summed E-state index contributed by atoms with van der Waals surface area (Å²) in [7, 11) is -2.62. The Morgan fingerprint density at radius 3 is 2.68 bits per heavy atom. The quantitative estimate of drug-likeness (QED) is 0.804. The first-order chi connectivity index (χ1) is 13.3. The average molecular weight is 410 g/mol. The smallest absolute Gasteiger partial charge is 0.380 e. The normalized spacial score (nSPS) is 33.6. The second kappa shape index (κ2) is 7.02. The Morgan fingerprint density at radius 2 is 2.00 bits per heavy atom. The maximum absolute atomic E-state index is 13.6. The minimum atomic E-state index is -4.11. The van der Waals surface area contributed by atoms with Crippen LogP contribution < -0.4 is 14.1 Å². The Kier molecular flexibility index (Phi) is 4.94. The number of rotatable bonds is 3. The van der Waals surface area contributed by atoms with Crippen molar-refractivity contribution < 1.29 is 21.7 Å². The molecule has 1 aromatic rings. The summed E-state index contributed by atoms with van der Waals surface area (Å²) in [5.74, 6) is 1.91. The van der Waals surface area contributed by atoms with E-state index in [4.69, 9.17) is 14.1 Å². The number of allylic oxidation sites excluding steroid dienone is 1. The van der Waals surface area contributed by atoms with Crippen molar-refractivity contribution in [3.05, 3.63) is 35.2 Å². The molecule has 3 unspecified atom stereocenters. The standard InChI is InChI=1S/C21H28FNO4S/c1-21-9-8-15-16(18(21)5-3-4-14(21)12-22)7-6-13-10-20(27-28(23,24)25)19(26-2)11-17(13)15/h10-12,15-16,18H,3-9H2,1-2H3,(H2,23,24,25)/b14-12+/t15?,16?,18?,21-/m1/s1. The van der Waals surface area contributed by atoms with Gasteiger partial charge in [0.05, 0.1) is 13.4 Å². The number of hydrogen-bond acceptors (Lipinski definition) is 4. The minimum absolute atomic E-state index is 0.0353. The topological polar surface area (TPSA) is 78.6 Å². The van der Waals surface area contributed by atoms with Crippen LogP contribution in [0.5, 0.6) is 11.5 Å². The van der Waals surface area contributed by atoms with Crippen LogP contribution in [-0.4, -0.2) is 15.5 Å². The largest absolute Gasteiger partial charge is 0.493 e. The number of benzene rings is 1. The van der Waals surface area contributed by atoms with E-state index in [2.05, 4.69) is 6.92 Å². The summed E-state index contributed by atoms with van der Waals surface area (Å²) < 4.78 is 46.7. The predicted molar refractivity (Wildman–Crippen MR) is 105 cm³/mol. The van der Waals surface area contributed by atoms with Crippen LogP contribution in [0, 0.1) is 17.3 Å². The second-order valence-corrected chi connectivity index (χ2v) is 9.83. The molecule has 7 heteroatoms. The van der Waals surface area contributed by atoms with Crippen LogP contribution in [0.25, 0.3) is 0 Å². The van der Waals surface area contributed by atoms with Gasteiger partial charge in [-0.25, -0.2) is 4.39 Å². The van der Waals surface area contributed by atoms with Gasteiger partial charge in [0.1, 0.15) is 0 Å². The van der Waals surface area contributed by atoms with E-state index in [1.165, 1.54) is 12.7 Å². The molecule has 0 bridgehead atoms. The molecule has 0 spiro atoms. The molecule has 0 saturated heterocycles. The van der Waals surface area contributed by atoms with Gasteiger partial charge in [-0.15, -0.1) is 0 Å². The first-order valence-corrected chi connectivity index (χ1v) is 11.5. The number of fused-ring (bicyclic) bond motifs is 5. The van der Waals surface area contributed by atoms with E-state index in [0.29, 0.717) is 23.5 Å². The molecule has 5 nitrogen and oxygen atoms in total. The first kappa shape index (κ1) is 19.7. The van der Waals surface area contributed by atoms with E-state index < -0.39 is 10.3 Å². The Hall–Kier alpha value is -1.60.